The topological polar surface area (TPSA) is 46.2 Å². The first-order chi connectivity index (χ1) is 8.83. The molecule has 0 aliphatic rings. The lowest BCUT2D eigenvalue weighted by molar-refractivity contribution is 0.505. The zero-order chi connectivity index (χ0) is 14.5. The molecule has 0 bridgehead atoms. The number of sulfone groups is 1. The lowest BCUT2D eigenvalue weighted by Crippen LogP contribution is -2.22. The van der Waals surface area contributed by atoms with Crippen LogP contribution in [0.4, 0.5) is 0 Å². The van der Waals surface area contributed by atoms with Gasteiger partial charge in [-0.2, -0.15) is 0 Å². The Bertz CT molecular complexity index is 514. The average molecular weight is 348 g/mol. The summed E-state index contributed by atoms with van der Waals surface area (Å²) in [4.78, 5) is 0. The first-order valence-corrected chi connectivity index (χ1v) is 9.36. The van der Waals surface area contributed by atoms with Gasteiger partial charge in [-0.05, 0) is 49.6 Å². The summed E-state index contributed by atoms with van der Waals surface area (Å²) in [6.45, 7) is 5.02. The Kier molecular flexibility index (Phi) is 6.50. The predicted octanol–water partition coefficient (Wildman–Crippen LogP) is 3.23. The minimum Gasteiger partial charge on any atom is -0.310 e. The van der Waals surface area contributed by atoms with Crippen molar-refractivity contribution in [2.75, 3.05) is 18.6 Å². The third kappa shape index (κ3) is 6.06. The molecule has 3 nitrogen and oxygen atoms in total. The molecular weight excluding hydrogens is 326 g/mol. The molecule has 0 aromatic heterocycles. The standard InChI is InChI=1S/C14H22BrNO2S/c1-4-16-14(6-5-9-19(3,17)18)13-10-12(15)8-7-11(13)2/h7-8,10,14,16H,4-6,9H2,1-3H3. The largest absolute Gasteiger partial charge is 0.310 e. The van der Waals surface area contributed by atoms with Crippen molar-refractivity contribution in [1.82, 2.24) is 5.32 Å². The van der Waals surface area contributed by atoms with E-state index in [4.69, 9.17) is 0 Å². The van der Waals surface area contributed by atoms with Crippen LogP contribution in [-0.2, 0) is 9.84 Å². The van der Waals surface area contributed by atoms with Crippen molar-refractivity contribution in [3.8, 4) is 0 Å². The maximum absolute atomic E-state index is 11.2. The highest BCUT2D eigenvalue weighted by molar-refractivity contribution is 9.10. The maximum atomic E-state index is 11.2. The first-order valence-electron chi connectivity index (χ1n) is 6.50. The highest BCUT2D eigenvalue weighted by Gasteiger charge is 2.14. The van der Waals surface area contributed by atoms with Crippen molar-refractivity contribution in [3.05, 3.63) is 33.8 Å². The Balaban J connectivity index is 2.79. The van der Waals surface area contributed by atoms with E-state index in [2.05, 4.69) is 47.2 Å². The van der Waals surface area contributed by atoms with Crippen molar-refractivity contribution in [3.63, 3.8) is 0 Å². The molecular formula is C14H22BrNO2S. The van der Waals surface area contributed by atoms with Gasteiger partial charge in [-0.1, -0.05) is 28.9 Å². The van der Waals surface area contributed by atoms with Gasteiger partial charge in [0, 0.05) is 22.5 Å². The molecule has 0 saturated carbocycles. The molecule has 0 amide bonds. The van der Waals surface area contributed by atoms with Gasteiger partial charge in [0.2, 0.25) is 0 Å². The molecule has 0 radical (unpaired) electrons. The number of benzene rings is 1. The molecule has 1 atom stereocenters. The van der Waals surface area contributed by atoms with Crippen LogP contribution in [0.3, 0.4) is 0 Å². The number of hydrogen-bond donors (Lipinski definition) is 1. The molecule has 1 rings (SSSR count). The molecule has 1 aromatic carbocycles. The smallest absolute Gasteiger partial charge is 0.147 e. The zero-order valence-electron chi connectivity index (χ0n) is 11.7. The zero-order valence-corrected chi connectivity index (χ0v) is 14.1. The van der Waals surface area contributed by atoms with Gasteiger partial charge < -0.3 is 5.32 Å². The van der Waals surface area contributed by atoms with E-state index in [1.54, 1.807) is 0 Å². The number of halogens is 1. The van der Waals surface area contributed by atoms with Gasteiger partial charge in [0.1, 0.15) is 9.84 Å². The van der Waals surface area contributed by atoms with Crippen LogP contribution in [0.2, 0.25) is 0 Å². The summed E-state index contributed by atoms with van der Waals surface area (Å²) in [5.74, 6) is 0.252. The molecule has 1 aromatic rings. The van der Waals surface area contributed by atoms with E-state index in [0.29, 0.717) is 6.42 Å². The van der Waals surface area contributed by atoms with E-state index in [-0.39, 0.29) is 11.8 Å². The van der Waals surface area contributed by atoms with Gasteiger partial charge in [-0.3, -0.25) is 0 Å². The molecule has 0 heterocycles. The van der Waals surface area contributed by atoms with Crippen LogP contribution in [-0.4, -0.2) is 27.0 Å². The monoisotopic (exact) mass is 347 g/mol. The van der Waals surface area contributed by atoms with Crippen LogP contribution >= 0.6 is 15.9 Å². The SMILES string of the molecule is CCNC(CCCS(C)(=O)=O)c1cc(Br)ccc1C. The molecule has 0 spiro atoms. The summed E-state index contributed by atoms with van der Waals surface area (Å²) < 4.78 is 23.5. The van der Waals surface area contributed by atoms with Crippen LogP contribution in [0.5, 0.6) is 0 Å². The van der Waals surface area contributed by atoms with Crippen LogP contribution in [0.15, 0.2) is 22.7 Å². The summed E-state index contributed by atoms with van der Waals surface area (Å²) in [5, 5.41) is 3.44. The van der Waals surface area contributed by atoms with E-state index in [1.165, 1.54) is 17.4 Å². The Labute approximate surface area is 124 Å². The summed E-state index contributed by atoms with van der Waals surface area (Å²) in [5.41, 5.74) is 2.47. The molecule has 108 valence electrons. The molecule has 0 fully saturated rings. The second kappa shape index (κ2) is 7.41. The Morgan fingerprint density at radius 1 is 1.37 bits per heavy atom. The summed E-state index contributed by atoms with van der Waals surface area (Å²) in [6, 6.07) is 6.44. The summed E-state index contributed by atoms with van der Waals surface area (Å²) >= 11 is 3.49. The van der Waals surface area contributed by atoms with Crippen molar-refractivity contribution >= 4 is 25.8 Å². The Hall–Kier alpha value is -0.390. The molecule has 19 heavy (non-hydrogen) atoms. The third-order valence-corrected chi connectivity index (χ3v) is 4.60. The second-order valence-corrected chi connectivity index (χ2v) is 8.06. The average Bonchev–Trinajstić information content (AvgIpc) is 2.30. The fourth-order valence-electron chi connectivity index (χ4n) is 2.15. The first kappa shape index (κ1) is 16.7. The van der Waals surface area contributed by atoms with Crippen LogP contribution in [0, 0.1) is 6.92 Å². The normalized spacial score (nSPS) is 13.5. The number of nitrogens with one attached hydrogen (secondary N) is 1. The number of aryl methyl sites for hydroxylation is 1. The lowest BCUT2D eigenvalue weighted by atomic mass is 9.98. The molecule has 1 N–H and O–H groups in total. The van der Waals surface area contributed by atoms with Gasteiger partial charge in [0.15, 0.2) is 0 Å². The number of rotatable bonds is 7. The molecule has 1 unspecified atom stereocenters. The van der Waals surface area contributed by atoms with E-state index < -0.39 is 9.84 Å². The fourth-order valence-corrected chi connectivity index (χ4v) is 3.22. The van der Waals surface area contributed by atoms with E-state index in [1.807, 2.05) is 6.07 Å². The van der Waals surface area contributed by atoms with Gasteiger partial charge >= 0.3 is 0 Å². The minimum absolute atomic E-state index is 0.212. The second-order valence-electron chi connectivity index (χ2n) is 4.88. The van der Waals surface area contributed by atoms with Gasteiger partial charge in [-0.25, -0.2) is 8.42 Å². The minimum atomic E-state index is -2.87. The highest BCUT2D eigenvalue weighted by atomic mass is 79.9. The Morgan fingerprint density at radius 3 is 2.63 bits per heavy atom. The van der Waals surface area contributed by atoms with Crippen LogP contribution in [0.25, 0.3) is 0 Å². The summed E-state index contributed by atoms with van der Waals surface area (Å²) in [7, 11) is -2.87. The van der Waals surface area contributed by atoms with Crippen LogP contribution in [0.1, 0.15) is 36.9 Å². The van der Waals surface area contributed by atoms with Crippen molar-refractivity contribution in [2.24, 2.45) is 0 Å². The van der Waals surface area contributed by atoms with E-state index in [9.17, 15) is 8.42 Å². The molecule has 0 aliphatic carbocycles. The highest BCUT2D eigenvalue weighted by Crippen LogP contribution is 2.25. The van der Waals surface area contributed by atoms with Gasteiger partial charge in [0.05, 0.1) is 0 Å². The molecule has 0 aliphatic heterocycles. The van der Waals surface area contributed by atoms with E-state index in [0.717, 1.165) is 17.4 Å². The van der Waals surface area contributed by atoms with Gasteiger partial charge in [-0.15, -0.1) is 0 Å². The van der Waals surface area contributed by atoms with Gasteiger partial charge in [0.25, 0.3) is 0 Å². The maximum Gasteiger partial charge on any atom is 0.147 e. The summed E-state index contributed by atoms with van der Waals surface area (Å²) in [6.07, 6.45) is 2.81. The van der Waals surface area contributed by atoms with Crippen LogP contribution < -0.4 is 5.32 Å². The molecule has 5 heteroatoms. The quantitative estimate of drug-likeness (QED) is 0.823. The van der Waals surface area contributed by atoms with Crippen molar-refractivity contribution in [2.45, 2.75) is 32.7 Å². The Morgan fingerprint density at radius 2 is 2.05 bits per heavy atom. The van der Waals surface area contributed by atoms with Crippen molar-refractivity contribution < 1.29 is 8.42 Å². The van der Waals surface area contributed by atoms with Crippen molar-refractivity contribution in [1.29, 1.82) is 0 Å². The fraction of sp³-hybridized carbons (Fsp3) is 0.571. The van der Waals surface area contributed by atoms with E-state index >= 15 is 0 Å². The third-order valence-electron chi connectivity index (χ3n) is 3.08. The molecule has 0 saturated heterocycles. The lowest BCUT2D eigenvalue weighted by Gasteiger charge is -2.20. The number of hydrogen-bond acceptors (Lipinski definition) is 3. The predicted molar refractivity (Wildman–Crippen MR) is 84.2 cm³/mol.